The first kappa shape index (κ1) is 14.7. The zero-order valence-electron chi connectivity index (χ0n) is 11.6. The molecule has 1 N–H and O–H groups in total. The Hall–Kier alpha value is -2.75. The SMILES string of the molecule is C=CCN(C(=O)O)c1cccc(OCc2ccccc2)c1. The molecule has 2 rings (SSSR count). The number of hydrogen-bond acceptors (Lipinski definition) is 2. The monoisotopic (exact) mass is 283 g/mol. The van der Waals surface area contributed by atoms with Gasteiger partial charge in [-0.1, -0.05) is 42.5 Å². The molecule has 2 aromatic carbocycles. The molecule has 1 amide bonds. The van der Waals surface area contributed by atoms with Gasteiger partial charge in [0.1, 0.15) is 12.4 Å². The Morgan fingerprint density at radius 1 is 1.19 bits per heavy atom. The molecule has 0 bridgehead atoms. The van der Waals surface area contributed by atoms with E-state index in [0.717, 1.165) is 5.56 Å². The molecule has 0 aliphatic heterocycles. The van der Waals surface area contributed by atoms with E-state index in [2.05, 4.69) is 6.58 Å². The van der Waals surface area contributed by atoms with Crippen molar-refractivity contribution in [2.75, 3.05) is 11.4 Å². The summed E-state index contributed by atoms with van der Waals surface area (Å²) in [6.07, 6.45) is 0.529. The van der Waals surface area contributed by atoms with Crippen LogP contribution >= 0.6 is 0 Å². The van der Waals surface area contributed by atoms with Crippen LogP contribution in [-0.4, -0.2) is 17.7 Å². The van der Waals surface area contributed by atoms with Gasteiger partial charge in [-0.25, -0.2) is 4.79 Å². The molecule has 4 heteroatoms. The normalized spacial score (nSPS) is 9.90. The summed E-state index contributed by atoms with van der Waals surface area (Å²) in [5.74, 6) is 0.631. The molecular formula is C17H17NO3. The molecule has 21 heavy (non-hydrogen) atoms. The second-order valence-electron chi connectivity index (χ2n) is 4.45. The van der Waals surface area contributed by atoms with Crippen LogP contribution in [0.2, 0.25) is 0 Å². The standard InChI is InChI=1S/C17H17NO3/c1-2-11-18(17(19)20)15-9-6-10-16(12-15)21-13-14-7-4-3-5-8-14/h2-10,12H,1,11,13H2,(H,19,20). The second-order valence-corrected chi connectivity index (χ2v) is 4.45. The number of nitrogens with zero attached hydrogens (tertiary/aromatic N) is 1. The summed E-state index contributed by atoms with van der Waals surface area (Å²) in [7, 11) is 0. The molecule has 0 unspecified atom stereocenters. The molecule has 2 aromatic rings. The van der Waals surface area contributed by atoms with Crippen molar-refractivity contribution >= 4 is 11.8 Å². The highest BCUT2D eigenvalue weighted by atomic mass is 16.5. The van der Waals surface area contributed by atoms with Crippen molar-refractivity contribution in [3.63, 3.8) is 0 Å². The van der Waals surface area contributed by atoms with E-state index in [1.165, 1.54) is 4.90 Å². The molecule has 0 radical (unpaired) electrons. The summed E-state index contributed by atoms with van der Waals surface area (Å²) in [6, 6.07) is 16.8. The minimum absolute atomic E-state index is 0.234. The first-order chi connectivity index (χ1) is 10.2. The lowest BCUT2D eigenvalue weighted by molar-refractivity contribution is 0.202. The maximum atomic E-state index is 11.2. The fourth-order valence-electron chi connectivity index (χ4n) is 1.91. The first-order valence-corrected chi connectivity index (χ1v) is 6.59. The molecule has 0 fully saturated rings. The van der Waals surface area contributed by atoms with Crippen LogP contribution in [0.5, 0.6) is 5.75 Å². The Kier molecular flexibility index (Phi) is 4.99. The van der Waals surface area contributed by atoms with E-state index in [9.17, 15) is 9.90 Å². The Bertz CT molecular complexity index is 610. The van der Waals surface area contributed by atoms with Gasteiger partial charge in [0, 0.05) is 12.6 Å². The topological polar surface area (TPSA) is 49.8 Å². The van der Waals surface area contributed by atoms with Crippen molar-refractivity contribution in [1.29, 1.82) is 0 Å². The zero-order chi connectivity index (χ0) is 15.1. The average molecular weight is 283 g/mol. The van der Waals surface area contributed by atoms with E-state index in [1.807, 2.05) is 30.3 Å². The number of carbonyl (C=O) groups is 1. The fraction of sp³-hybridized carbons (Fsp3) is 0.118. The molecule has 0 saturated heterocycles. The van der Waals surface area contributed by atoms with Gasteiger partial charge >= 0.3 is 6.09 Å². The average Bonchev–Trinajstić information content (AvgIpc) is 2.51. The van der Waals surface area contributed by atoms with Gasteiger partial charge < -0.3 is 9.84 Å². The number of amides is 1. The van der Waals surface area contributed by atoms with Crippen LogP contribution in [0.4, 0.5) is 10.5 Å². The predicted octanol–water partition coefficient (Wildman–Crippen LogP) is 3.94. The molecule has 4 nitrogen and oxygen atoms in total. The van der Waals surface area contributed by atoms with Gasteiger partial charge in [-0.2, -0.15) is 0 Å². The fourth-order valence-corrected chi connectivity index (χ4v) is 1.91. The summed E-state index contributed by atoms with van der Waals surface area (Å²) in [6.45, 7) is 4.25. The van der Waals surface area contributed by atoms with Gasteiger partial charge in [0.05, 0.1) is 5.69 Å². The van der Waals surface area contributed by atoms with E-state index in [4.69, 9.17) is 4.74 Å². The minimum atomic E-state index is -1.02. The molecule has 0 aliphatic rings. The largest absolute Gasteiger partial charge is 0.489 e. The molecular weight excluding hydrogens is 266 g/mol. The molecule has 108 valence electrons. The van der Waals surface area contributed by atoms with Crippen LogP contribution in [-0.2, 0) is 6.61 Å². The van der Waals surface area contributed by atoms with Gasteiger partial charge in [-0.3, -0.25) is 4.90 Å². The van der Waals surface area contributed by atoms with Gasteiger partial charge in [-0.15, -0.1) is 6.58 Å². The van der Waals surface area contributed by atoms with Crippen LogP contribution < -0.4 is 9.64 Å². The van der Waals surface area contributed by atoms with Crippen LogP contribution in [0, 0.1) is 0 Å². The summed E-state index contributed by atoms with van der Waals surface area (Å²) >= 11 is 0. The summed E-state index contributed by atoms with van der Waals surface area (Å²) in [4.78, 5) is 12.4. The molecule has 0 aliphatic carbocycles. The lowest BCUT2D eigenvalue weighted by Gasteiger charge is -2.18. The van der Waals surface area contributed by atoms with E-state index in [1.54, 1.807) is 30.3 Å². The summed E-state index contributed by atoms with van der Waals surface area (Å²) < 4.78 is 5.70. The third-order valence-corrected chi connectivity index (χ3v) is 2.92. The molecule has 0 heterocycles. The van der Waals surface area contributed by atoms with Crippen LogP contribution in [0.3, 0.4) is 0 Å². The lowest BCUT2D eigenvalue weighted by Crippen LogP contribution is -2.29. The third-order valence-electron chi connectivity index (χ3n) is 2.92. The minimum Gasteiger partial charge on any atom is -0.489 e. The highest BCUT2D eigenvalue weighted by molar-refractivity contribution is 5.86. The number of carboxylic acid groups (broad SMARTS) is 1. The van der Waals surface area contributed by atoms with Gasteiger partial charge in [0.25, 0.3) is 0 Å². The third kappa shape index (κ3) is 4.11. The first-order valence-electron chi connectivity index (χ1n) is 6.59. The highest BCUT2D eigenvalue weighted by Crippen LogP contribution is 2.22. The summed E-state index contributed by atoms with van der Waals surface area (Å²) in [5, 5.41) is 9.19. The molecule has 0 saturated carbocycles. The Balaban J connectivity index is 2.10. The molecule has 0 aromatic heterocycles. The van der Waals surface area contributed by atoms with Crippen LogP contribution in [0.25, 0.3) is 0 Å². The van der Waals surface area contributed by atoms with E-state index < -0.39 is 6.09 Å². The lowest BCUT2D eigenvalue weighted by atomic mass is 10.2. The second kappa shape index (κ2) is 7.14. The number of benzene rings is 2. The highest BCUT2D eigenvalue weighted by Gasteiger charge is 2.12. The number of rotatable bonds is 6. The van der Waals surface area contributed by atoms with Crippen molar-refractivity contribution in [3.05, 3.63) is 72.8 Å². The summed E-state index contributed by atoms with van der Waals surface area (Å²) in [5.41, 5.74) is 1.62. The maximum absolute atomic E-state index is 11.2. The zero-order valence-corrected chi connectivity index (χ0v) is 11.6. The van der Waals surface area contributed by atoms with Crippen molar-refractivity contribution in [1.82, 2.24) is 0 Å². The smallest absolute Gasteiger partial charge is 0.412 e. The van der Waals surface area contributed by atoms with E-state index in [0.29, 0.717) is 18.0 Å². The molecule has 0 atom stereocenters. The van der Waals surface area contributed by atoms with Crippen molar-refractivity contribution in [2.45, 2.75) is 6.61 Å². The predicted molar refractivity (Wildman–Crippen MR) is 82.8 cm³/mol. The number of hydrogen-bond donors (Lipinski definition) is 1. The maximum Gasteiger partial charge on any atom is 0.412 e. The Labute approximate surface area is 123 Å². The quantitative estimate of drug-likeness (QED) is 0.817. The number of ether oxygens (including phenoxy) is 1. The van der Waals surface area contributed by atoms with Crippen molar-refractivity contribution < 1.29 is 14.6 Å². The van der Waals surface area contributed by atoms with Crippen molar-refractivity contribution in [3.8, 4) is 5.75 Å². The van der Waals surface area contributed by atoms with E-state index >= 15 is 0 Å². The number of anilines is 1. The van der Waals surface area contributed by atoms with Crippen LogP contribution in [0.15, 0.2) is 67.3 Å². The Morgan fingerprint density at radius 3 is 2.62 bits per heavy atom. The van der Waals surface area contributed by atoms with Gasteiger partial charge in [0.2, 0.25) is 0 Å². The Morgan fingerprint density at radius 2 is 1.95 bits per heavy atom. The van der Waals surface area contributed by atoms with Crippen LogP contribution in [0.1, 0.15) is 5.56 Å². The van der Waals surface area contributed by atoms with E-state index in [-0.39, 0.29) is 6.54 Å². The van der Waals surface area contributed by atoms with Crippen molar-refractivity contribution in [2.24, 2.45) is 0 Å². The van der Waals surface area contributed by atoms with Gasteiger partial charge in [0.15, 0.2) is 0 Å². The molecule has 0 spiro atoms. The van der Waals surface area contributed by atoms with Gasteiger partial charge in [-0.05, 0) is 17.7 Å².